The number of hydrogen-bond acceptors (Lipinski definition) is 1. The molecule has 5 unspecified atom stereocenters. The molecule has 0 aliphatic heterocycles. The van der Waals surface area contributed by atoms with Gasteiger partial charge in [0.2, 0.25) is 0 Å². The van der Waals surface area contributed by atoms with Crippen molar-refractivity contribution in [2.75, 3.05) is 13.1 Å². The predicted octanol–water partition coefficient (Wildman–Crippen LogP) is 5.64. The zero-order valence-electron chi connectivity index (χ0n) is 14.9. The summed E-state index contributed by atoms with van der Waals surface area (Å²) in [5, 5.41) is 3.73. The van der Waals surface area contributed by atoms with Gasteiger partial charge >= 0.3 is 0 Å². The molecule has 2 rings (SSSR count). The van der Waals surface area contributed by atoms with Crippen LogP contribution < -0.4 is 5.32 Å². The van der Waals surface area contributed by atoms with Crippen LogP contribution in [0.2, 0.25) is 0 Å². The molecule has 0 amide bonds. The highest BCUT2D eigenvalue weighted by Crippen LogP contribution is 2.45. The lowest BCUT2D eigenvalue weighted by Crippen LogP contribution is -2.38. The molecule has 2 aliphatic carbocycles. The van der Waals surface area contributed by atoms with E-state index < -0.39 is 0 Å². The van der Waals surface area contributed by atoms with Gasteiger partial charge in [0.15, 0.2) is 0 Å². The van der Waals surface area contributed by atoms with Crippen molar-refractivity contribution in [2.45, 2.75) is 85.0 Å². The summed E-state index contributed by atoms with van der Waals surface area (Å²) >= 11 is 0. The van der Waals surface area contributed by atoms with Gasteiger partial charge in [-0.15, -0.1) is 0 Å². The lowest BCUT2D eigenvalue weighted by Gasteiger charge is -2.43. The Morgan fingerprint density at radius 2 is 1.81 bits per heavy atom. The lowest BCUT2D eigenvalue weighted by atomic mass is 9.63. The SMILES string of the molecule is CCCNCC1CCC(CCC)CC1C1CCCC(C)C1. The summed E-state index contributed by atoms with van der Waals surface area (Å²) in [6.07, 6.45) is 14.7. The van der Waals surface area contributed by atoms with Gasteiger partial charge < -0.3 is 5.32 Å². The predicted molar refractivity (Wildman–Crippen MR) is 93.5 cm³/mol. The molecule has 0 aromatic rings. The molecule has 1 nitrogen and oxygen atoms in total. The fourth-order valence-corrected chi connectivity index (χ4v) is 5.19. The molecule has 5 atom stereocenters. The van der Waals surface area contributed by atoms with Gasteiger partial charge in [-0.05, 0) is 68.4 Å². The Labute approximate surface area is 133 Å². The Morgan fingerprint density at radius 3 is 2.52 bits per heavy atom. The van der Waals surface area contributed by atoms with Gasteiger partial charge in [-0.2, -0.15) is 0 Å². The van der Waals surface area contributed by atoms with E-state index in [2.05, 4.69) is 26.1 Å². The Bertz CT molecular complexity index is 275. The van der Waals surface area contributed by atoms with Gasteiger partial charge in [0.25, 0.3) is 0 Å². The minimum atomic E-state index is 0.972. The van der Waals surface area contributed by atoms with Gasteiger partial charge in [0.05, 0.1) is 0 Å². The van der Waals surface area contributed by atoms with Gasteiger partial charge in [-0.25, -0.2) is 0 Å². The maximum Gasteiger partial charge on any atom is -0.00178 e. The van der Waals surface area contributed by atoms with E-state index in [4.69, 9.17) is 0 Å². The third-order valence-corrected chi connectivity index (χ3v) is 6.27. The Balaban J connectivity index is 1.93. The fraction of sp³-hybridized carbons (Fsp3) is 1.00. The molecule has 21 heavy (non-hydrogen) atoms. The second-order valence-electron chi connectivity index (χ2n) is 8.13. The van der Waals surface area contributed by atoms with Gasteiger partial charge in [-0.3, -0.25) is 0 Å². The normalized spacial score (nSPS) is 37.6. The minimum absolute atomic E-state index is 0.972. The molecule has 1 heteroatoms. The Kier molecular flexibility index (Phi) is 7.57. The standard InChI is InChI=1S/C20H39N/c1-4-7-17-10-11-19(15-21-12-5-2)20(14-17)18-9-6-8-16(3)13-18/h16-21H,4-15H2,1-3H3. The lowest BCUT2D eigenvalue weighted by molar-refractivity contribution is 0.0793. The van der Waals surface area contributed by atoms with E-state index in [-0.39, 0.29) is 0 Å². The zero-order chi connectivity index (χ0) is 15.1. The van der Waals surface area contributed by atoms with Crippen molar-refractivity contribution in [3.8, 4) is 0 Å². The van der Waals surface area contributed by atoms with E-state index in [0.29, 0.717) is 0 Å². The third-order valence-electron chi connectivity index (χ3n) is 6.27. The molecule has 2 aliphatic rings. The van der Waals surface area contributed by atoms with E-state index in [1.807, 2.05) is 0 Å². The van der Waals surface area contributed by atoms with Crippen molar-refractivity contribution in [1.29, 1.82) is 0 Å². The average Bonchev–Trinajstić information content (AvgIpc) is 2.49. The summed E-state index contributed by atoms with van der Waals surface area (Å²) in [5.74, 6) is 5.07. The molecule has 2 saturated carbocycles. The van der Waals surface area contributed by atoms with Crippen LogP contribution in [0.4, 0.5) is 0 Å². The molecular weight excluding hydrogens is 254 g/mol. The molecule has 0 spiro atoms. The summed E-state index contributed by atoms with van der Waals surface area (Å²) in [4.78, 5) is 0. The third kappa shape index (κ3) is 5.27. The van der Waals surface area contributed by atoms with Gasteiger partial charge in [0.1, 0.15) is 0 Å². The van der Waals surface area contributed by atoms with E-state index in [0.717, 1.165) is 29.6 Å². The topological polar surface area (TPSA) is 12.0 Å². The Hall–Kier alpha value is -0.0400. The number of nitrogens with one attached hydrogen (secondary N) is 1. The van der Waals surface area contributed by atoms with Crippen molar-refractivity contribution >= 4 is 0 Å². The summed E-state index contributed by atoms with van der Waals surface area (Å²) in [6, 6.07) is 0. The quantitative estimate of drug-likeness (QED) is 0.598. The molecule has 0 heterocycles. The molecule has 0 saturated heterocycles. The van der Waals surface area contributed by atoms with E-state index >= 15 is 0 Å². The highest BCUT2D eigenvalue weighted by molar-refractivity contribution is 4.87. The van der Waals surface area contributed by atoms with E-state index in [1.54, 1.807) is 6.42 Å². The molecule has 2 fully saturated rings. The van der Waals surface area contributed by atoms with Crippen molar-refractivity contribution in [3.63, 3.8) is 0 Å². The zero-order valence-corrected chi connectivity index (χ0v) is 14.9. The maximum atomic E-state index is 3.73. The van der Waals surface area contributed by atoms with Crippen LogP contribution in [-0.2, 0) is 0 Å². The fourth-order valence-electron chi connectivity index (χ4n) is 5.19. The molecule has 0 aromatic heterocycles. The molecule has 0 bridgehead atoms. The van der Waals surface area contributed by atoms with Gasteiger partial charge in [-0.1, -0.05) is 59.3 Å². The smallest absolute Gasteiger partial charge is 0.00178 e. The molecular formula is C20H39N. The molecule has 124 valence electrons. The molecule has 0 aromatic carbocycles. The van der Waals surface area contributed by atoms with Crippen LogP contribution in [0.3, 0.4) is 0 Å². The van der Waals surface area contributed by atoms with Crippen LogP contribution in [0.5, 0.6) is 0 Å². The van der Waals surface area contributed by atoms with Crippen molar-refractivity contribution in [1.82, 2.24) is 5.32 Å². The number of rotatable bonds is 7. The van der Waals surface area contributed by atoms with Crippen LogP contribution in [0.25, 0.3) is 0 Å². The van der Waals surface area contributed by atoms with Crippen LogP contribution in [0, 0.1) is 29.6 Å². The minimum Gasteiger partial charge on any atom is -0.316 e. The number of hydrogen-bond donors (Lipinski definition) is 1. The second-order valence-corrected chi connectivity index (χ2v) is 8.13. The summed E-state index contributed by atoms with van der Waals surface area (Å²) < 4.78 is 0. The highest BCUT2D eigenvalue weighted by atomic mass is 14.9. The highest BCUT2D eigenvalue weighted by Gasteiger charge is 2.36. The van der Waals surface area contributed by atoms with Gasteiger partial charge in [0, 0.05) is 0 Å². The summed E-state index contributed by atoms with van der Waals surface area (Å²) in [7, 11) is 0. The van der Waals surface area contributed by atoms with Crippen molar-refractivity contribution in [3.05, 3.63) is 0 Å². The summed E-state index contributed by atoms with van der Waals surface area (Å²) in [6.45, 7) is 9.64. The first kappa shape index (κ1) is 17.3. The van der Waals surface area contributed by atoms with Crippen LogP contribution in [0.1, 0.15) is 85.0 Å². The van der Waals surface area contributed by atoms with Crippen LogP contribution in [0.15, 0.2) is 0 Å². The van der Waals surface area contributed by atoms with E-state index in [9.17, 15) is 0 Å². The second kappa shape index (κ2) is 9.18. The first-order chi connectivity index (χ1) is 10.2. The van der Waals surface area contributed by atoms with E-state index in [1.165, 1.54) is 70.9 Å². The average molecular weight is 294 g/mol. The summed E-state index contributed by atoms with van der Waals surface area (Å²) in [5.41, 5.74) is 0. The molecule has 0 radical (unpaired) electrons. The van der Waals surface area contributed by atoms with Crippen molar-refractivity contribution in [2.24, 2.45) is 29.6 Å². The maximum absolute atomic E-state index is 3.73. The van der Waals surface area contributed by atoms with Crippen LogP contribution in [-0.4, -0.2) is 13.1 Å². The monoisotopic (exact) mass is 293 g/mol. The largest absolute Gasteiger partial charge is 0.316 e. The first-order valence-electron chi connectivity index (χ1n) is 9.95. The molecule has 1 N–H and O–H groups in total. The van der Waals surface area contributed by atoms with Crippen molar-refractivity contribution < 1.29 is 0 Å². The van der Waals surface area contributed by atoms with Crippen LogP contribution >= 0.6 is 0 Å². The first-order valence-corrected chi connectivity index (χ1v) is 9.95. The Morgan fingerprint density at radius 1 is 0.952 bits per heavy atom.